The Morgan fingerprint density at radius 2 is 1.83 bits per heavy atom. The van der Waals surface area contributed by atoms with E-state index in [1.54, 1.807) is 14.2 Å². The first-order valence-electron chi connectivity index (χ1n) is 10.8. The Morgan fingerprint density at radius 3 is 2.50 bits per heavy atom. The van der Waals surface area contributed by atoms with Crippen LogP contribution in [0, 0.1) is 0 Å². The monoisotopic (exact) mass is 412 g/mol. The quantitative estimate of drug-likeness (QED) is 0.618. The minimum Gasteiger partial charge on any atom is -0.493 e. The van der Waals surface area contributed by atoms with Crippen molar-refractivity contribution in [1.29, 1.82) is 0 Å². The zero-order valence-corrected chi connectivity index (χ0v) is 18.0. The second-order valence-electron chi connectivity index (χ2n) is 8.06. The maximum atomic E-state index is 5.59. The number of methoxy groups -OCH3 is 2. The Bertz CT molecular complexity index is 840. The Morgan fingerprint density at radius 1 is 1.10 bits per heavy atom. The minimum absolute atomic E-state index is 0.0220. The van der Waals surface area contributed by atoms with Crippen molar-refractivity contribution in [3.63, 3.8) is 0 Å². The molecule has 1 atom stereocenters. The van der Waals surface area contributed by atoms with Gasteiger partial charge in [-0.05, 0) is 41.0 Å². The molecule has 1 aliphatic carbocycles. The molecule has 0 spiro atoms. The number of benzene rings is 1. The third-order valence-corrected chi connectivity index (χ3v) is 6.32. The van der Waals surface area contributed by atoms with Gasteiger partial charge in [-0.25, -0.2) is 4.68 Å². The van der Waals surface area contributed by atoms with Crippen LogP contribution in [0.25, 0.3) is 0 Å². The first-order chi connectivity index (χ1) is 14.7. The number of hydrogen-bond donors (Lipinski definition) is 0. The number of rotatable bonds is 8. The second kappa shape index (κ2) is 9.57. The van der Waals surface area contributed by atoms with Gasteiger partial charge >= 0.3 is 0 Å². The molecule has 2 fully saturated rings. The van der Waals surface area contributed by atoms with Crippen molar-refractivity contribution in [2.75, 3.05) is 46.9 Å². The van der Waals surface area contributed by atoms with Crippen molar-refractivity contribution in [2.24, 2.45) is 0 Å². The molecule has 0 unspecified atom stereocenters. The predicted molar refractivity (Wildman–Crippen MR) is 115 cm³/mol. The highest BCUT2D eigenvalue weighted by Gasteiger charge is 2.33. The van der Waals surface area contributed by atoms with E-state index in [4.69, 9.17) is 9.47 Å². The summed E-state index contributed by atoms with van der Waals surface area (Å²) >= 11 is 0. The Labute approximate surface area is 178 Å². The lowest BCUT2D eigenvalue weighted by atomic mass is 10.0. The van der Waals surface area contributed by atoms with Crippen LogP contribution < -0.4 is 9.47 Å². The molecule has 1 aromatic heterocycles. The molecule has 8 heteroatoms. The highest BCUT2D eigenvalue weighted by Crippen LogP contribution is 2.37. The van der Waals surface area contributed by atoms with Gasteiger partial charge in [-0.15, -0.1) is 11.7 Å². The van der Waals surface area contributed by atoms with Gasteiger partial charge in [0.05, 0.1) is 26.3 Å². The molecule has 162 valence electrons. The first-order valence-corrected chi connectivity index (χ1v) is 10.8. The van der Waals surface area contributed by atoms with E-state index in [0.717, 1.165) is 68.5 Å². The summed E-state index contributed by atoms with van der Waals surface area (Å²) in [5.41, 5.74) is 1.12. The van der Waals surface area contributed by atoms with Gasteiger partial charge in [-0.3, -0.25) is 9.80 Å². The highest BCUT2D eigenvalue weighted by atomic mass is 16.5. The molecule has 0 N–H and O–H groups in total. The zero-order chi connectivity index (χ0) is 20.9. The second-order valence-corrected chi connectivity index (χ2v) is 8.06. The molecular weight excluding hydrogens is 380 g/mol. The van der Waals surface area contributed by atoms with Gasteiger partial charge < -0.3 is 9.47 Å². The lowest BCUT2D eigenvalue weighted by Crippen LogP contribution is -2.48. The van der Waals surface area contributed by atoms with E-state index in [1.165, 1.54) is 12.8 Å². The molecular formula is C22H32N6O2. The summed E-state index contributed by atoms with van der Waals surface area (Å²) in [6.45, 7) is 8.70. The van der Waals surface area contributed by atoms with Crippen molar-refractivity contribution < 1.29 is 9.47 Å². The van der Waals surface area contributed by atoms with Gasteiger partial charge in [-0.1, -0.05) is 25.0 Å². The lowest BCUT2D eigenvalue weighted by molar-refractivity contribution is 0.111. The molecule has 2 aliphatic rings. The van der Waals surface area contributed by atoms with Crippen molar-refractivity contribution in [3.8, 4) is 11.5 Å². The molecule has 0 radical (unpaired) electrons. The largest absolute Gasteiger partial charge is 0.493 e. The summed E-state index contributed by atoms with van der Waals surface area (Å²) in [5, 5.41) is 13.0. The van der Waals surface area contributed by atoms with E-state index in [9.17, 15) is 0 Å². The number of ether oxygens (including phenoxy) is 2. The number of aromatic nitrogens is 4. The summed E-state index contributed by atoms with van der Waals surface area (Å²) in [6, 6.07) is 6.51. The molecule has 1 saturated heterocycles. The van der Waals surface area contributed by atoms with E-state index in [-0.39, 0.29) is 6.04 Å². The topological polar surface area (TPSA) is 68.5 Å². The Balaban J connectivity index is 1.69. The average molecular weight is 413 g/mol. The number of piperazine rings is 1. The third kappa shape index (κ3) is 4.20. The number of hydrogen-bond acceptors (Lipinski definition) is 7. The molecule has 30 heavy (non-hydrogen) atoms. The fraction of sp³-hybridized carbons (Fsp3) is 0.591. The van der Waals surface area contributed by atoms with Crippen LogP contribution in [0.15, 0.2) is 30.9 Å². The van der Waals surface area contributed by atoms with Crippen LogP contribution in [-0.4, -0.2) is 77.0 Å². The van der Waals surface area contributed by atoms with Crippen molar-refractivity contribution in [1.82, 2.24) is 30.0 Å². The van der Waals surface area contributed by atoms with Gasteiger partial charge in [0, 0.05) is 32.7 Å². The molecule has 0 amide bonds. The van der Waals surface area contributed by atoms with Gasteiger partial charge in [0.2, 0.25) is 0 Å². The minimum atomic E-state index is -0.0220. The zero-order valence-electron chi connectivity index (χ0n) is 18.0. The van der Waals surface area contributed by atoms with Crippen molar-refractivity contribution in [3.05, 3.63) is 42.2 Å². The highest BCUT2D eigenvalue weighted by molar-refractivity contribution is 5.45. The van der Waals surface area contributed by atoms with Crippen molar-refractivity contribution >= 4 is 0 Å². The van der Waals surface area contributed by atoms with Crippen LogP contribution in [0.1, 0.15) is 49.2 Å². The number of nitrogens with zero attached hydrogens (tertiary/aromatic N) is 6. The normalized spacial score (nSPS) is 19.7. The molecule has 8 nitrogen and oxygen atoms in total. The van der Waals surface area contributed by atoms with E-state index < -0.39 is 0 Å². The summed E-state index contributed by atoms with van der Waals surface area (Å²) in [6.07, 6.45) is 6.74. The van der Waals surface area contributed by atoms with Crippen LogP contribution in [0.3, 0.4) is 0 Å². The summed E-state index contributed by atoms with van der Waals surface area (Å²) in [4.78, 5) is 4.91. The standard InChI is InChI=1S/C22H32N6O2/c1-4-11-26-12-14-27(15-13-26)21(17-9-10-19(29-2)20(16-17)30-3)22-23-24-25-28(22)18-7-5-6-8-18/h4,9-10,16,18,21H,1,5-8,11-15H2,2-3H3/t21-/m1/s1. The van der Waals surface area contributed by atoms with Gasteiger partial charge in [0.25, 0.3) is 0 Å². The van der Waals surface area contributed by atoms with Gasteiger partial charge in [-0.2, -0.15) is 0 Å². The Kier molecular flexibility index (Phi) is 6.64. The third-order valence-electron chi connectivity index (χ3n) is 6.32. The molecule has 1 aliphatic heterocycles. The SMILES string of the molecule is C=CCN1CCN([C@H](c2ccc(OC)c(OC)c2)c2nnnn2C2CCCC2)CC1. The fourth-order valence-corrected chi connectivity index (χ4v) is 4.72. The van der Waals surface area contributed by atoms with Crippen LogP contribution in [0.4, 0.5) is 0 Å². The van der Waals surface area contributed by atoms with Crippen LogP contribution in [0.2, 0.25) is 0 Å². The smallest absolute Gasteiger partial charge is 0.173 e. The molecule has 4 rings (SSSR count). The Hall–Kier alpha value is -2.45. The first kappa shape index (κ1) is 20.8. The summed E-state index contributed by atoms with van der Waals surface area (Å²) < 4.78 is 13.1. The van der Waals surface area contributed by atoms with Gasteiger partial charge in [0.15, 0.2) is 17.3 Å². The van der Waals surface area contributed by atoms with E-state index in [0.29, 0.717) is 6.04 Å². The molecule has 2 heterocycles. The average Bonchev–Trinajstić information content (AvgIpc) is 3.47. The molecule has 2 aromatic rings. The maximum Gasteiger partial charge on any atom is 0.173 e. The maximum absolute atomic E-state index is 5.59. The summed E-state index contributed by atoms with van der Waals surface area (Å²) in [5.74, 6) is 2.38. The number of tetrazole rings is 1. The predicted octanol–water partition coefficient (Wildman–Crippen LogP) is 2.70. The summed E-state index contributed by atoms with van der Waals surface area (Å²) in [7, 11) is 3.34. The van der Waals surface area contributed by atoms with Gasteiger partial charge in [0.1, 0.15) is 0 Å². The van der Waals surface area contributed by atoms with E-state index in [1.807, 2.05) is 12.1 Å². The van der Waals surface area contributed by atoms with Crippen molar-refractivity contribution in [2.45, 2.75) is 37.8 Å². The molecule has 1 saturated carbocycles. The lowest BCUT2D eigenvalue weighted by Gasteiger charge is -2.39. The molecule has 0 bridgehead atoms. The van der Waals surface area contributed by atoms with E-state index in [2.05, 4.69) is 48.7 Å². The van der Waals surface area contributed by atoms with Crippen LogP contribution in [-0.2, 0) is 0 Å². The van der Waals surface area contributed by atoms with Crippen LogP contribution >= 0.6 is 0 Å². The molecule has 1 aromatic carbocycles. The fourth-order valence-electron chi connectivity index (χ4n) is 4.72. The van der Waals surface area contributed by atoms with E-state index >= 15 is 0 Å². The van der Waals surface area contributed by atoms with Crippen LogP contribution in [0.5, 0.6) is 11.5 Å².